The molecule has 26 heavy (non-hydrogen) atoms. The van der Waals surface area contributed by atoms with Crippen molar-refractivity contribution in [2.24, 2.45) is 0 Å². The third-order valence-electron chi connectivity index (χ3n) is 4.72. The standard InChI is InChI=1S/C20H22N4O2/c1-4-10-21-20-14-6-5-7-15(14)22-19-12-16(23-24(19)20)13-8-9-17(25-2)18(11-13)26-3/h4,8-9,11-12,21H,1,5-7,10H2,2-3H3. The van der Waals surface area contributed by atoms with Gasteiger partial charge in [0.25, 0.3) is 0 Å². The first-order chi connectivity index (χ1) is 12.7. The number of nitrogens with zero attached hydrogens (tertiary/aromatic N) is 3. The molecule has 3 aromatic rings. The van der Waals surface area contributed by atoms with Gasteiger partial charge in [-0.15, -0.1) is 6.58 Å². The second-order valence-electron chi connectivity index (χ2n) is 6.28. The zero-order valence-corrected chi connectivity index (χ0v) is 15.1. The number of aromatic nitrogens is 3. The number of hydrogen-bond acceptors (Lipinski definition) is 5. The first-order valence-corrected chi connectivity index (χ1v) is 8.74. The first-order valence-electron chi connectivity index (χ1n) is 8.74. The molecule has 1 aromatic carbocycles. The van der Waals surface area contributed by atoms with Gasteiger partial charge in [-0.05, 0) is 37.5 Å². The molecule has 0 spiro atoms. The fourth-order valence-corrected chi connectivity index (χ4v) is 3.47. The van der Waals surface area contributed by atoms with E-state index in [4.69, 9.17) is 19.6 Å². The van der Waals surface area contributed by atoms with Crippen molar-refractivity contribution in [3.05, 3.63) is 48.2 Å². The zero-order valence-electron chi connectivity index (χ0n) is 15.1. The highest BCUT2D eigenvalue weighted by Gasteiger charge is 2.21. The van der Waals surface area contributed by atoms with Crippen LogP contribution in [0.15, 0.2) is 36.9 Å². The molecule has 1 N–H and O–H groups in total. The lowest BCUT2D eigenvalue weighted by Gasteiger charge is -2.11. The highest BCUT2D eigenvalue weighted by molar-refractivity contribution is 5.69. The van der Waals surface area contributed by atoms with Crippen LogP contribution in [-0.2, 0) is 12.8 Å². The molecular weight excluding hydrogens is 328 g/mol. The molecule has 1 aliphatic carbocycles. The molecule has 0 bridgehead atoms. The summed E-state index contributed by atoms with van der Waals surface area (Å²) in [6.45, 7) is 4.50. The van der Waals surface area contributed by atoms with Gasteiger partial charge >= 0.3 is 0 Å². The minimum absolute atomic E-state index is 0.683. The highest BCUT2D eigenvalue weighted by Crippen LogP contribution is 2.34. The number of rotatable bonds is 6. The van der Waals surface area contributed by atoms with Gasteiger partial charge in [0.15, 0.2) is 17.1 Å². The lowest BCUT2D eigenvalue weighted by Crippen LogP contribution is -2.10. The fourth-order valence-electron chi connectivity index (χ4n) is 3.47. The Bertz CT molecular complexity index is 978. The van der Waals surface area contributed by atoms with E-state index in [2.05, 4.69) is 11.9 Å². The van der Waals surface area contributed by atoms with E-state index >= 15 is 0 Å². The van der Waals surface area contributed by atoms with Gasteiger partial charge in [-0.1, -0.05) is 6.08 Å². The number of hydrogen-bond donors (Lipinski definition) is 1. The van der Waals surface area contributed by atoms with E-state index in [0.717, 1.165) is 42.0 Å². The summed E-state index contributed by atoms with van der Waals surface area (Å²) in [6, 6.07) is 7.82. The minimum Gasteiger partial charge on any atom is -0.493 e. The van der Waals surface area contributed by atoms with Crippen LogP contribution in [0.5, 0.6) is 11.5 Å². The van der Waals surface area contributed by atoms with Crippen LogP contribution in [0.4, 0.5) is 5.82 Å². The van der Waals surface area contributed by atoms with Crippen molar-refractivity contribution >= 4 is 11.5 Å². The Balaban J connectivity index is 1.84. The summed E-state index contributed by atoms with van der Waals surface area (Å²) in [7, 11) is 3.26. The smallest absolute Gasteiger partial charge is 0.161 e. The van der Waals surface area contributed by atoms with E-state index in [0.29, 0.717) is 18.0 Å². The Morgan fingerprint density at radius 3 is 2.81 bits per heavy atom. The predicted molar refractivity (Wildman–Crippen MR) is 102 cm³/mol. The second-order valence-corrected chi connectivity index (χ2v) is 6.28. The molecule has 0 fully saturated rings. The lowest BCUT2D eigenvalue weighted by molar-refractivity contribution is 0.355. The Hall–Kier alpha value is -3.02. The van der Waals surface area contributed by atoms with Crippen molar-refractivity contribution in [2.75, 3.05) is 26.1 Å². The normalized spacial score (nSPS) is 12.8. The van der Waals surface area contributed by atoms with E-state index < -0.39 is 0 Å². The van der Waals surface area contributed by atoms with Crippen molar-refractivity contribution in [1.82, 2.24) is 14.6 Å². The molecule has 0 unspecified atom stereocenters. The second kappa shape index (κ2) is 6.71. The van der Waals surface area contributed by atoms with Gasteiger partial charge in [0, 0.05) is 29.4 Å². The Labute approximate surface area is 152 Å². The third kappa shape index (κ3) is 2.67. The highest BCUT2D eigenvalue weighted by atomic mass is 16.5. The van der Waals surface area contributed by atoms with Gasteiger partial charge in [-0.2, -0.15) is 9.61 Å². The maximum atomic E-state index is 5.42. The van der Waals surface area contributed by atoms with E-state index in [1.807, 2.05) is 34.9 Å². The average molecular weight is 350 g/mol. The number of ether oxygens (including phenoxy) is 2. The summed E-state index contributed by atoms with van der Waals surface area (Å²) in [5.41, 5.74) is 5.10. The van der Waals surface area contributed by atoms with Crippen LogP contribution in [0.3, 0.4) is 0 Å². The van der Waals surface area contributed by atoms with Gasteiger partial charge in [-0.3, -0.25) is 0 Å². The lowest BCUT2D eigenvalue weighted by atomic mass is 10.1. The molecule has 6 nitrogen and oxygen atoms in total. The van der Waals surface area contributed by atoms with Gasteiger partial charge in [0.05, 0.1) is 19.9 Å². The maximum Gasteiger partial charge on any atom is 0.161 e. The molecule has 2 heterocycles. The molecule has 0 saturated heterocycles. The molecule has 0 radical (unpaired) electrons. The Morgan fingerprint density at radius 1 is 1.19 bits per heavy atom. The Kier molecular flexibility index (Phi) is 4.24. The van der Waals surface area contributed by atoms with Crippen LogP contribution in [0.2, 0.25) is 0 Å². The number of benzene rings is 1. The zero-order chi connectivity index (χ0) is 18.1. The maximum absolute atomic E-state index is 5.42. The summed E-state index contributed by atoms with van der Waals surface area (Å²) in [5, 5.41) is 8.25. The van der Waals surface area contributed by atoms with Gasteiger partial charge in [0.2, 0.25) is 0 Å². The number of nitrogens with one attached hydrogen (secondary N) is 1. The van der Waals surface area contributed by atoms with Gasteiger partial charge in [0.1, 0.15) is 5.82 Å². The molecule has 1 aliphatic rings. The van der Waals surface area contributed by atoms with E-state index in [1.54, 1.807) is 14.2 Å². The quantitative estimate of drug-likeness (QED) is 0.690. The van der Waals surface area contributed by atoms with Crippen molar-refractivity contribution in [2.45, 2.75) is 19.3 Å². The van der Waals surface area contributed by atoms with Crippen LogP contribution in [0.1, 0.15) is 17.7 Å². The van der Waals surface area contributed by atoms with Crippen molar-refractivity contribution in [3.63, 3.8) is 0 Å². The number of anilines is 1. The summed E-state index contributed by atoms with van der Waals surface area (Å²) in [6.07, 6.45) is 5.04. The van der Waals surface area contributed by atoms with Crippen LogP contribution in [0, 0.1) is 0 Å². The topological polar surface area (TPSA) is 60.7 Å². The van der Waals surface area contributed by atoms with Crippen LogP contribution in [-0.4, -0.2) is 35.4 Å². The SMILES string of the molecule is C=CCNc1c2c(nc3cc(-c4ccc(OC)c(OC)c4)nn13)CCC2. The fraction of sp³-hybridized carbons (Fsp3) is 0.300. The van der Waals surface area contributed by atoms with Crippen molar-refractivity contribution in [1.29, 1.82) is 0 Å². The molecule has 0 aliphatic heterocycles. The monoisotopic (exact) mass is 350 g/mol. The molecule has 6 heteroatoms. The summed E-state index contributed by atoms with van der Waals surface area (Å²) in [4.78, 5) is 4.83. The predicted octanol–water partition coefficient (Wildman–Crippen LogP) is 3.50. The Morgan fingerprint density at radius 2 is 2.04 bits per heavy atom. The van der Waals surface area contributed by atoms with E-state index in [-0.39, 0.29) is 0 Å². The number of aryl methyl sites for hydroxylation is 1. The van der Waals surface area contributed by atoms with Crippen LogP contribution >= 0.6 is 0 Å². The van der Waals surface area contributed by atoms with Crippen LogP contribution < -0.4 is 14.8 Å². The minimum atomic E-state index is 0.683. The van der Waals surface area contributed by atoms with Gasteiger partial charge < -0.3 is 14.8 Å². The molecule has 0 saturated carbocycles. The van der Waals surface area contributed by atoms with E-state index in [9.17, 15) is 0 Å². The van der Waals surface area contributed by atoms with Crippen LogP contribution in [0.25, 0.3) is 16.9 Å². The average Bonchev–Trinajstić information content (AvgIpc) is 3.31. The molecular formula is C20H22N4O2. The third-order valence-corrected chi connectivity index (χ3v) is 4.72. The largest absolute Gasteiger partial charge is 0.493 e. The number of fused-ring (bicyclic) bond motifs is 2. The molecule has 2 aromatic heterocycles. The molecule has 0 atom stereocenters. The summed E-state index contributed by atoms with van der Waals surface area (Å²) < 4.78 is 12.6. The van der Waals surface area contributed by atoms with Crippen molar-refractivity contribution in [3.8, 4) is 22.8 Å². The molecule has 4 rings (SSSR count). The van der Waals surface area contributed by atoms with Crippen molar-refractivity contribution < 1.29 is 9.47 Å². The summed E-state index contributed by atoms with van der Waals surface area (Å²) in [5.74, 6) is 2.40. The summed E-state index contributed by atoms with van der Waals surface area (Å²) >= 11 is 0. The first kappa shape index (κ1) is 16.4. The molecule has 0 amide bonds. The van der Waals surface area contributed by atoms with Gasteiger partial charge in [-0.25, -0.2) is 4.98 Å². The molecule has 134 valence electrons. The van der Waals surface area contributed by atoms with E-state index in [1.165, 1.54) is 11.3 Å². The number of methoxy groups -OCH3 is 2.